The summed E-state index contributed by atoms with van der Waals surface area (Å²) in [5.74, 6) is -0.159. The highest BCUT2D eigenvalue weighted by Crippen LogP contribution is 2.19. The number of nitrogens with one attached hydrogen (secondary N) is 1. The lowest BCUT2D eigenvalue weighted by Gasteiger charge is -2.25. The quantitative estimate of drug-likeness (QED) is 0.917. The van der Waals surface area contributed by atoms with Gasteiger partial charge in [-0.15, -0.1) is 0 Å². The Kier molecular flexibility index (Phi) is 5.60. The molecule has 2 amide bonds. The molecule has 0 spiro atoms. The van der Waals surface area contributed by atoms with Crippen LogP contribution in [0, 0.1) is 0 Å². The van der Waals surface area contributed by atoms with Gasteiger partial charge in [-0.25, -0.2) is 0 Å². The summed E-state index contributed by atoms with van der Waals surface area (Å²) in [5, 5.41) is 5.11. The van der Waals surface area contributed by atoms with Crippen LogP contribution in [0.15, 0.2) is 42.5 Å². The second-order valence-corrected chi connectivity index (χ2v) is 7.02. The topological polar surface area (TPSA) is 49.4 Å². The van der Waals surface area contributed by atoms with Crippen LogP contribution < -0.4 is 5.32 Å². The van der Waals surface area contributed by atoms with Gasteiger partial charge in [0.05, 0.1) is 13.0 Å². The van der Waals surface area contributed by atoms with Crippen molar-refractivity contribution in [3.63, 3.8) is 0 Å². The van der Waals surface area contributed by atoms with E-state index in [1.54, 1.807) is 4.90 Å². The van der Waals surface area contributed by atoms with E-state index in [1.165, 1.54) is 0 Å². The van der Waals surface area contributed by atoms with Crippen LogP contribution in [0.1, 0.15) is 33.3 Å². The van der Waals surface area contributed by atoms with Crippen molar-refractivity contribution in [2.75, 3.05) is 13.1 Å². The van der Waals surface area contributed by atoms with Crippen LogP contribution in [0.5, 0.6) is 0 Å². The van der Waals surface area contributed by atoms with Gasteiger partial charge in [0.2, 0.25) is 11.8 Å². The first kappa shape index (κ1) is 18.0. The van der Waals surface area contributed by atoms with Gasteiger partial charge in [-0.2, -0.15) is 0 Å². The fourth-order valence-electron chi connectivity index (χ4n) is 2.73. The molecule has 0 radical (unpaired) electrons. The van der Waals surface area contributed by atoms with Crippen LogP contribution in [0.2, 0.25) is 0 Å². The number of carbonyl (C=O) groups is 2. The molecular formula is C20H26N2O2. The number of likely N-dealkylation sites (N-methyl/N-ethyl adjacent to an activating group) is 1. The minimum Gasteiger partial charge on any atom is -0.350 e. The molecule has 128 valence electrons. The van der Waals surface area contributed by atoms with E-state index < -0.39 is 0 Å². The summed E-state index contributed by atoms with van der Waals surface area (Å²) in [7, 11) is 0. The molecule has 4 heteroatoms. The Labute approximate surface area is 143 Å². The zero-order valence-corrected chi connectivity index (χ0v) is 14.9. The molecule has 0 aliphatic heterocycles. The van der Waals surface area contributed by atoms with Crippen molar-refractivity contribution in [3.8, 4) is 0 Å². The molecule has 0 unspecified atom stereocenters. The molecule has 0 aliphatic carbocycles. The third kappa shape index (κ3) is 4.82. The Morgan fingerprint density at radius 1 is 1.04 bits per heavy atom. The third-order valence-corrected chi connectivity index (χ3v) is 3.80. The Morgan fingerprint density at radius 3 is 2.38 bits per heavy atom. The van der Waals surface area contributed by atoms with Gasteiger partial charge in [-0.1, -0.05) is 42.5 Å². The third-order valence-electron chi connectivity index (χ3n) is 3.80. The number of fused-ring (bicyclic) bond motifs is 1. The number of nitrogens with zero attached hydrogens (tertiary/aromatic N) is 1. The number of rotatable bonds is 5. The van der Waals surface area contributed by atoms with Gasteiger partial charge in [0.15, 0.2) is 0 Å². The SMILES string of the molecule is CCN(CC(=O)NC(C)(C)C)C(=O)Cc1cccc2ccccc12. The molecule has 0 saturated heterocycles. The number of benzene rings is 2. The summed E-state index contributed by atoms with van der Waals surface area (Å²) in [4.78, 5) is 26.3. The van der Waals surface area contributed by atoms with Gasteiger partial charge in [-0.3, -0.25) is 9.59 Å². The van der Waals surface area contributed by atoms with Crippen molar-refractivity contribution in [1.82, 2.24) is 10.2 Å². The van der Waals surface area contributed by atoms with E-state index in [4.69, 9.17) is 0 Å². The van der Waals surface area contributed by atoms with Gasteiger partial charge < -0.3 is 10.2 Å². The van der Waals surface area contributed by atoms with Crippen LogP contribution >= 0.6 is 0 Å². The first-order valence-corrected chi connectivity index (χ1v) is 8.35. The first-order valence-electron chi connectivity index (χ1n) is 8.35. The molecule has 0 heterocycles. The second-order valence-electron chi connectivity index (χ2n) is 7.02. The van der Waals surface area contributed by atoms with Crippen molar-refractivity contribution in [3.05, 3.63) is 48.0 Å². The van der Waals surface area contributed by atoms with E-state index in [9.17, 15) is 9.59 Å². The van der Waals surface area contributed by atoms with Crippen molar-refractivity contribution >= 4 is 22.6 Å². The van der Waals surface area contributed by atoms with E-state index in [-0.39, 0.29) is 23.9 Å². The number of hydrogen-bond donors (Lipinski definition) is 1. The van der Waals surface area contributed by atoms with E-state index in [0.717, 1.165) is 16.3 Å². The monoisotopic (exact) mass is 326 g/mol. The lowest BCUT2D eigenvalue weighted by Crippen LogP contribution is -2.47. The Morgan fingerprint density at radius 2 is 1.71 bits per heavy atom. The Hall–Kier alpha value is -2.36. The smallest absolute Gasteiger partial charge is 0.240 e. The highest BCUT2D eigenvalue weighted by Gasteiger charge is 2.20. The van der Waals surface area contributed by atoms with E-state index >= 15 is 0 Å². The van der Waals surface area contributed by atoms with Crippen LogP contribution in [0.25, 0.3) is 10.8 Å². The van der Waals surface area contributed by atoms with Gasteiger partial charge in [0.25, 0.3) is 0 Å². The highest BCUT2D eigenvalue weighted by molar-refractivity contribution is 5.91. The molecule has 0 saturated carbocycles. The lowest BCUT2D eigenvalue weighted by atomic mass is 10.0. The summed E-state index contributed by atoms with van der Waals surface area (Å²) < 4.78 is 0. The predicted octanol–water partition coefficient (Wildman–Crippen LogP) is 3.15. The Balaban J connectivity index is 2.10. The fraction of sp³-hybridized carbons (Fsp3) is 0.400. The van der Waals surface area contributed by atoms with E-state index in [2.05, 4.69) is 5.32 Å². The Bertz CT molecular complexity index is 726. The molecule has 0 aromatic heterocycles. The van der Waals surface area contributed by atoms with Crippen LogP contribution in [0.3, 0.4) is 0 Å². The van der Waals surface area contributed by atoms with Crippen LogP contribution in [-0.4, -0.2) is 35.3 Å². The van der Waals surface area contributed by atoms with Crippen molar-refractivity contribution in [2.45, 2.75) is 39.7 Å². The molecule has 0 fully saturated rings. The van der Waals surface area contributed by atoms with Crippen molar-refractivity contribution in [1.29, 1.82) is 0 Å². The van der Waals surface area contributed by atoms with Crippen molar-refractivity contribution < 1.29 is 9.59 Å². The molecular weight excluding hydrogens is 300 g/mol. The standard InChI is InChI=1S/C20H26N2O2/c1-5-22(14-18(23)21-20(2,3)4)19(24)13-16-11-8-10-15-9-6-7-12-17(15)16/h6-12H,5,13-14H2,1-4H3,(H,21,23). The molecule has 24 heavy (non-hydrogen) atoms. The molecule has 0 bridgehead atoms. The maximum Gasteiger partial charge on any atom is 0.240 e. The average Bonchev–Trinajstić information content (AvgIpc) is 2.51. The average molecular weight is 326 g/mol. The van der Waals surface area contributed by atoms with Gasteiger partial charge in [0, 0.05) is 12.1 Å². The molecule has 4 nitrogen and oxygen atoms in total. The van der Waals surface area contributed by atoms with Gasteiger partial charge >= 0.3 is 0 Å². The second kappa shape index (κ2) is 7.47. The van der Waals surface area contributed by atoms with Gasteiger partial charge in [0.1, 0.15) is 0 Å². The van der Waals surface area contributed by atoms with E-state index in [0.29, 0.717) is 13.0 Å². The predicted molar refractivity (Wildman–Crippen MR) is 97.8 cm³/mol. The molecule has 2 aromatic carbocycles. The number of amides is 2. The van der Waals surface area contributed by atoms with Gasteiger partial charge in [-0.05, 0) is 44.0 Å². The van der Waals surface area contributed by atoms with E-state index in [1.807, 2.05) is 70.2 Å². The molecule has 2 aromatic rings. The summed E-state index contributed by atoms with van der Waals surface area (Å²) in [5.41, 5.74) is 0.697. The van der Waals surface area contributed by atoms with Crippen molar-refractivity contribution in [2.24, 2.45) is 0 Å². The zero-order chi connectivity index (χ0) is 17.7. The maximum atomic E-state index is 12.6. The minimum absolute atomic E-state index is 0.0297. The normalized spacial score (nSPS) is 11.3. The summed E-state index contributed by atoms with van der Waals surface area (Å²) in [6.07, 6.45) is 0.304. The zero-order valence-electron chi connectivity index (χ0n) is 14.9. The van der Waals surface area contributed by atoms with Crippen LogP contribution in [-0.2, 0) is 16.0 Å². The number of carbonyl (C=O) groups excluding carboxylic acids is 2. The fourth-order valence-corrected chi connectivity index (χ4v) is 2.73. The lowest BCUT2D eigenvalue weighted by molar-refractivity contribution is -0.135. The summed E-state index contributed by atoms with van der Waals surface area (Å²) >= 11 is 0. The minimum atomic E-state index is -0.296. The molecule has 0 atom stereocenters. The number of hydrogen-bond acceptors (Lipinski definition) is 2. The maximum absolute atomic E-state index is 12.6. The largest absolute Gasteiger partial charge is 0.350 e. The molecule has 0 aliphatic rings. The summed E-state index contributed by atoms with van der Waals surface area (Å²) in [6, 6.07) is 14.0. The molecule has 1 N–H and O–H groups in total. The highest BCUT2D eigenvalue weighted by atomic mass is 16.2. The molecule has 2 rings (SSSR count). The first-order chi connectivity index (χ1) is 11.3. The summed E-state index contributed by atoms with van der Waals surface area (Å²) in [6.45, 7) is 8.29. The van der Waals surface area contributed by atoms with Crippen LogP contribution in [0.4, 0.5) is 0 Å².